The van der Waals surface area contributed by atoms with Crippen LogP contribution in [0, 0.1) is 5.92 Å². The summed E-state index contributed by atoms with van der Waals surface area (Å²) in [6, 6.07) is 20.0. The van der Waals surface area contributed by atoms with Crippen molar-refractivity contribution in [3.8, 4) is 0 Å². The highest BCUT2D eigenvalue weighted by atomic mass is 16.3. The molecule has 0 saturated heterocycles. The van der Waals surface area contributed by atoms with Crippen LogP contribution in [0.5, 0.6) is 0 Å². The summed E-state index contributed by atoms with van der Waals surface area (Å²) < 4.78 is 0. The average molecular weight is 297 g/mol. The maximum absolute atomic E-state index is 11.6. The summed E-state index contributed by atoms with van der Waals surface area (Å²) in [6.45, 7) is 9.34. The zero-order valence-corrected chi connectivity index (χ0v) is 13.9. The molecule has 1 N–H and O–H groups in total. The van der Waals surface area contributed by atoms with E-state index in [-0.39, 0.29) is 5.92 Å². The van der Waals surface area contributed by atoms with Gasteiger partial charge in [0.2, 0.25) is 0 Å². The van der Waals surface area contributed by atoms with E-state index in [9.17, 15) is 5.11 Å². The molecule has 2 nitrogen and oxygen atoms in total. The lowest BCUT2D eigenvalue weighted by atomic mass is 9.76. The molecule has 1 atom stereocenters. The predicted octanol–water partition coefficient (Wildman–Crippen LogP) is 3.90. The van der Waals surface area contributed by atoms with Crippen LogP contribution in [-0.2, 0) is 5.60 Å². The molecule has 0 aliphatic rings. The van der Waals surface area contributed by atoms with E-state index in [1.807, 2.05) is 60.7 Å². The normalized spacial score (nSPS) is 13.3. The fraction of sp³-hybridized carbons (Fsp3) is 0.400. The molecule has 2 rings (SSSR count). The summed E-state index contributed by atoms with van der Waals surface area (Å²) >= 11 is 0. The number of rotatable bonds is 7. The highest BCUT2D eigenvalue weighted by Crippen LogP contribution is 2.37. The molecule has 0 spiro atoms. The zero-order valence-electron chi connectivity index (χ0n) is 13.9. The second-order valence-electron chi connectivity index (χ2n) is 5.89. The zero-order chi connectivity index (χ0) is 16.0. The van der Waals surface area contributed by atoms with Gasteiger partial charge in [0.15, 0.2) is 0 Å². The third-order valence-corrected chi connectivity index (χ3v) is 4.57. The van der Waals surface area contributed by atoms with Crippen molar-refractivity contribution in [1.29, 1.82) is 0 Å². The second kappa shape index (κ2) is 7.57. The third-order valence-electron chi connectivity index (χ3n) is 4.57. The van der Waals surface area contributed by atoms with Crippen LogP contribution in [0.4, 0.5) is 0 Å². The van der Waals surface area contributed by atoms with Gasteiger partial charge < -0.3 is 10.0 Å². The fourth-order valence-electron chi connectivity index (χ4n) is 3.12. The van der Waals surface area contributed by atoms with Gasteiger partial charge in [-0.1, -0.05) is 81.4 Å². The van der Waals surface area contributed by atoms with Gasteiger partial charge in [0.25, 0.3) is 0 Å². The second-order valence-corrected chi connectivity index (χ2v) is 5.89. The lowest BCUT2D eigenvalue weighted by molar-refractivity contribution is 0.00871. The van der Waals surface area contributed by atoms with Gasteiger partial charge >= 0.3 is 0 Å². The van der Waals surface area contributed by atoms with Gasteiger partial charge in [-0.25, -0.2) is 0 Å². The summed E-state index contributed by atoms with van der Waals surface area (Å²) in [7, 11) is 0. The minimum Gasteiger partial charge on any atom is -0.380 e. The molecule has 0 unspecified atom stereocenters. The molecule has 22 heavy (non-hydrogen) atoms. The largest absolute Gasteiger partial charge is 0.380 e. The molecular weight excluding hydrogens is 270 g/mol. The van der Waals surface area contributed by atoms with Crippen LogP contribution in [0.3, 0.4) is 0 Å². The van der Waals surface area contributed by atoms with Crippen LogP contribution in [-0.4, -0.2) is 29.6 Å². The molecule has 0 fully saturated rings. The fourth-order valence-corrected chi connectivity index (χ4v) is 3.12. The first kappa shape index (κ1) is 16.7. The summed E-state index contributed by atoms with van der Waals surface area (Å²) in [5, 5.41) is 11.6. The molecule has 0 radical (unpaired) electrons. The lowest BCUT2D eigenvalue weighted by Crippen LogP contribution is -2.42. The Morgan fingerprint density at radius 2 is 1.27 bits per heavy atom. The molecule has 2 heteroatoms. The Balaban J connectivity index is 2.42. The summed E-state index contributed by atoms with van der Waals surface area (Å²) in [5.74, 6) is 0.0946. The molecule has 0 amide bonds. The summed E-state index contributed by atoms with van der Waals surface area (Å²) in [6.07, 6.45) is 0. The molecule has 0 bridgehead atoms. The molecule has 0 aliphatic carbocycles. The summed E-state index contributed by atoms with van der Waals surface area (Å²) in [5.41, 5.74) is 0.951. The van der Waals surface area contributed by atoms with Gasteiger partial charge in [-0.2, -0.15) is 0 Å². The Hall–Kier alpha value is -1.64. The molecule has 118 valence electrons. The quantitative estimate of drug-likeness (QED) is 0.838. The maximum atomic E-state index is 11.6. The van der Waals surface area contributed by atoms with Crippen LogP contribution < -0.4 is 0 Å². The van der Waals surface area contributed by atoms with E-state index in [1.54, 1.807) is 0 Å². The maximum Gasteiger partial charge on any atom is 0.118 e. The standard InChI is InChI=1S/C20H27NO/c1-4-21(5-2)16-17(3)20(22,18-12-8-6-9-13-18)19-14-10-7-11-15-19/h6-15,17,22H,4-5,16H2,1-3H3/t17-/m0/s1. The molecule has 2 aromatic carbocycles. The smallest absolute Gasteiger partial charge is 0.118 e. The van der Waals surface area contributed by atoms with Crippen molar-refractivity contribution in [2.75, 3.05) is 19.6 Å². The third kappa shape index (κ3) is 3.40. The molecule has 0 aliphatic heterocycles. The highest BCUT2D eigenvalue weighted by molar-refractivity contribution is 5.36. The highest BCUT2D eigenvalue weighted by Gasteiger charge is 2.37. The minimum absolute atomic E-state index is 0.0946. The van der Waals surface area contributed by atoms with E-state index in [0.717, 1.165) is 30.8 Å². The average Bonchev–Trinajstić information content (AvgIpc) is 2.60. The monoisotopic (exact) mass is 297 g/mol. The molecular formula is C20H27NO. The van der Waals surface area contributed by atoms with E-state index in [1.165, 1.54) is 0 Å². The van der Waals surface area contributed by atoms with Crippen molar-refractivity contribution in [3.05, 3.63) is 71.8 Å². The van der Waals surface area contributed by atoms with E-state index in [0.29, 0.717) is 0 Å². The minimum atomic E-state index is -0.967. The number of hydrogen-bond donors (Lipinski definition) is 1. The van der Waals surface area contributed by atoms with Crippen molar-refractivity contribution >= 4 is 0 Å². The van der Waals surface area contributed by atoms with E-state index in [2.05, 4.69) is 25.7 Å². The number of hydrogen-bond acceptors (Lipinski definition) is 2. The van der Waals surface area contributed by atoms with Gasteiger partial charge in [0.1, 0.15) is 5.60 Å². The van der Waals surface area contributed by atoms with E-state index in [4.69, 9.17) is 0 Å². The molecule has 0 saturated carbocycles. The van der Waals surface area contributed by atoms with Crippen LogP contribution >= 0.6 is 0 Å². The number of nitrogens with zero attached hydrogens (tertiary/aromatic N) is 1. The van der Waals surface area contributed by atoms with E-state index >= 15 is 0 Å². The molecule has 2 aromatic rings. The summed E-state index contributed by atoms with van der Waals surface area (Å²) in [4.78, 5) is 2.36. The first-order valence-electron chi connectivity index (χ1n) is 8.18. The predicted molar refractivity (Wildman–Crippen MR) is 92.8 cm³/mol. The Bertz CT molecular complexity index is 509. The van der Waals surface area contributed by atoms with Crippen molar-refractivity contribution in [2.45, 2.75) is 26.4 Å². The van der Waals surface area contributed by atoms with Crippen molar-refractivity contribution in [2.24, 2.45) is 5.92 Å². The molecule has 0 heterocycles. The Morgan fingerprint density at radius 1 is 0.864 bits per heavy atom. The van der Waals surface area contributed by atoms with Crippen molar-refractivity contribution < 1.29 is 5.11 Å². The van der Waals surface area contributed by atoms with Crippen LogP contribution in [0.1, 0.15) is 31.9 Å². The van der Waals surface area contributed by atoms with Crippen molar-refractivity contribution in [1.82, 2.24) is 4.90 Å². The van der Waals surface area contributed by atoms with Crippen LogP contribution in [0.2, 0.25) is 0 Å². The Kier molecular flexibility index (Phi) is 5.76. The first-order valence-corrected chi connectivity index (χ1v) is 8.18. The van der Waals surface area contributed by atoms with Crippen LogP contribution in [0.15, 0.2) is 60.7 Å². The molecule has 0 aromatic heterocycles. The number of aliphatic hydroxyl groups is 1. The Labute approximate surface area is 134 Å². The van der Waals surface area contributed by atoms with Crippen LogP contribution in [0.25, 0.3) is 0 Å². The van der Waals surface area contributed by atoms with Gasteiger partial charge in [-0.3, -0.25) is 0 Å². The topological polar surface area (TPSA) is 23.5 Å². The van der Waals surface area contributed by atoms with Gasteiger partial charge in [-0.15, -0.1) is 0 Å². The SMILES string of the molecule is CCN(CC)C[C@H](C)C(O)(c1ccccc1)c1ccccc1. The number of benzene rings is 2. The first-order chi connectivity index (χ1) is 10.6. The van der Waals surface area contributed by atoms with Crippen molar-refractivity contribution in [3.63, 3.8) is 0 Å². The lowest BCUT2D eigenvalue weighted by Gasteiger charge is -2.38. The van der Waals surface area contributed by atoms with Gasteiger partial charge in [-0.05, 0) is 24.2 Å². The van der Waals surface area contributed by atoms with Gasteiger partial charge in [0.05, 0.1) is 0 Å². The van der Waals surface area contributed by atoms with Gasteiger partial charge in [0, 0.05) is 12.5 Å². The Morgan fingerprint density at radius 3 is 1.64 bits per heavy atom. The van der Waals surface area contributed by atoms with E-state index < -0.39 is 5.60 Å².